The van der Waals surface area contributed by atoms with E-state index in [-0.39, 0.29) is 5.91 Å². The fourth-order valence-electron chi connectivity index (χ4n) is 1.96. The van der Waals surface area contributed by atoms with Gasteiger partial charge in [0.25, 0.3) is 0 Å². The fraction of sp³-hybridized carbons (Fsp3) is 0.500. The molecule has 2 rings (SSSR count). The van der Waals surface area contributed by atoms with Gasteiger partial charge in [-0.3, -0.25) is 14.2 Å². The van der Waals surface area contributed by atoms with Gasteiger partial charge in [0, 0.05) is 25.5 Å². The molecule has 0 aliphatic carbocycles. The molecule has 1 amide bonds. The molecule has 0 atom stereocenters. The Morgan fingerprint density at radius 1 is 1.48 bits per heavy atom. The molecular formula is C14H20ClN5O. The average Bonchev–Trinajstić information content (AvgIpc) is 3.03. The third-order valence-electron chi connectivity index (χ3n) is 3.30. The first kappa shape index (κ1) is 15.6. The van der Waals surface area contributed by atoms with Crippen LogP contribution in [0.4, 0.5) is 0 Å². The van der Waals surface area contributed by atoms with Crippen LogP contribution in [0.1, 0.15) is 26.0 Å². The maximum absolute atomic E-state index is 12.3. The third-order valence-corrected chi connectivity index (χ3v) is 3.50. The predicted octanol–water partition coefficient (Wildman–Crippen LogP) is 1.98. The zero-order valence-electron chi connectivity index (χ0n) is 12.5. The first-order valence-electron chi connectivity index (χ1n) is 6.88. The van der Waals surface area contributed by atoms with Gasteiger partial charge in [-0.2, -0.15) is 10.2 Å². The zero-order chi connectivity index (χ0) is 15.5. The molecular weight excluding hydrogens is 290 g/mol. The molecule has 0 fully saturated rings. The summed E-state index contributed by atoms with van der Waals surface area (Å²) < 4.78 is 3.45. The van der Waals surface area contributed by atoms with Crippen LogP contribution in [-0.2, 0) is 16.9 Å². The minimum absolute atomic E-state index is 0.0843. The lowest BCUT2D eigenvalue weighted by molar-refractivity contribution is -0.128. The van der Waals surface area contributed by atoms with Crippen molar-refractivity contribution in [2.45, 2.75) is 39.3 Å². The summed E-state index contributed by atoms with van der Waals surface area (Å²) in [6.45, 7) is 6.94. The Kier molecular flexibility index (Phi) is 4.67. The molecule has 0 spiro atoms. The number of aromatic nitrogens is 4. The molecule has 0 saturated carbocycles. The quantitative estimate of drug-likeness (QED) is 0.830. The molecule has 0 aromatic carbocycles. The van der Waals surface area contributed by atoms with Gasteiger partial charge in [0.1, 0.15) is 5.54 Å². The number of nitrogens with zero attached hydrogens (tertiary/aromatic N) is 4. The van der Waals surface area contributed by atoms with E-state index in [1.165, 1.54) is 6.20 Å². The van der Waals surface area contributed by atoms with Gasteiger partial charge in [-0.05, 0) is 33.3 Å². The van der Waals surface area contributed by atoms with Crippen molar-refractivity contribution in [2.24, 2.45) is 0 Å². The Balaban J connectivity index is 1.81. The maximum Gasteiger partial charge on any atom is 0.247 e. The lowest BCUT2D eigenvalue weighted by atomic mass is 10.1. The second-order valence-corrected chi connectivity index (χ2v) is 5.93. The van der Waals surface area contributed by atoms with Crippen molar-refractivity contribution in [3.63, 3.8) is 0 Å². The van der Waals surface area contributed by atoms with Gasteiger partial charge < -0.3 is 5.32 Å². The summed E-state index contributed by atoms with van der Waals surface area (Å²) in [6.07, 6.45) is 5.93. The van der Waals surface area contributed by atoms with Crippen LogP contribution >= 0.6 is 11.6 Å². The number of hydrogen-bond donors (Lipinski definition) is 1. The van der Waals surface area contributed by atoms with Gasteiger partial charge in [-0.25, -0.2) is 0 Å². The van der Waals surface area contributed by atoms with E-state index >= 15 is 0 Å². The van der Waals surface area contributed by atoms with Crippen molar-refractivity contribution in [2.75, 3.05) is 6.54 Å². The van der Waals surface area contributed by atoms with Crippen molar-refractivity contribution in [3.05, 3.63) is 35.4 Å². The second-order valence-electron chi connectivity index (χ2n) is 5.49. The monoisotopic (exact) mass is 309 g/mol. The molecule has 2 heterocycles. The van der Waals surface area contributed by atoms with Crippen molar-refractivity contribution in [1.82, 2.24) is 24.9 Å². The normalized spacial score (nSPS) is 11.6. The third kappa shape index (κ3) is 3.85. The molecule has 0 aliphatic heterocycles. The molecule has 6 nitrogen and oxygen atoms in total. The van der Waals surface area contributed by atoms with Gasteiger partial charge in [-0.15, -0.1) is 0 Å². The highest BCUT2D eigenvalue weighted by molar-refractivity contribution is 6.30. The molecule has 2 aromatic heterocycles. The maximum atomic E-state index is 12.3. The summed E-state index contributed by atoms with van der Waals surface area (Å²) >= 11 is 5.84. The van der Waals surface area contributed by atoms with Crippen LogP contribution in [0.15, 0.2) is 24.7 Å². The van der Waals surface area contributed by atoms with E-state index in [1.54, 1.807) is 10.9 Å². The van der Waals surface area contributed by atoms with Gasteiger partial charge in [0.05, 0.1) is 16.9 Å². The summed E-state index contributed by atoms with van der Waals surface area (Å²) in [7, 11) is 0. The van der Waals surface area contributed by atoms with E-state index in [4.69, 9.17) is 11.6 Å². The standard InChI is InChI=1S/C14H20ClN5O/c1-11-5-8-19(18-11)7-4-6-16-13(21)14(2,3)20-10-12(15)9-17-20/h5,8-10H,4,6-7H2,1-3H3,(H,16,21). The lowest BCUT2D eigenvalue weighted by Crippen LogP contribution is -2.45. The van der Waals surface area contributed by atoms with E-state index in [0.717, 1.165) is 18.7 Å². The van der Waals surface area contributed by atoms with E-state index in [0.29, 0.717) is 11.6 Å². The molecule has 114 valence electrons. The largest absolute Gasteiger partial charge is 0.354 e. The van der Waals surface area contributed by atoms with Gasteiger partial charge >= 0.3 is 0 Å². The number of amides is 1. The van der Waals surface area contributed by atoms with Crippen molar-refractivity contribution < 1.29 is 4.79 Å². The minimum Gasteiger partial charge on any atom is -0.354 e. The molecule has 7 heteroatoms. The van der Waals surface area contributed by atoms with Crippen LogP contribution in [-0.4, -0.2) is 32.0 Å². The highest BCUT2D eigenvalue weighted by Gasteiger charge is 2.30. The molecule has 0 aliphatic rings. The molecule has 1 N–H and O–H groups in total. The number of aryl methyl sites for hydroxylation is 2. The number of hydrogen-bond acceptors (Lipinski definition) is 3. The van der Waals surface area contributed by atoms with Crippen LogP contribution in [0.2, 0.25) is 5.02 Å². The average molecular weight is 310 g/mol. The lowest BCUT2D eigenvalue weighted by Gasteiger charge is -2.24. The Morgan fingerprint density at radius 2 is 2.24 bits per heavy atom. The van der Waals surface area contributed by atoms with Crippen molar-refractivity contribution >= 4 is 17.5 Å². The van der Waals surface area contributed by atoms with Crippen LogP contribution in [0.25, 0.3) is 0 Å². The Morgan fingerprint density at radius 3 is 2.81 bits per heavy atom. The number of carbonyl (C=O) groups is 1. The molecule has 0 bridgehead atoms. The smallest absolute Gasteiger partial charge is 0.247 e. The van der Waals surface area contributed by atoms with E-state index in [1.807, 2.05) is 37.7 Å². The second kappa shape index (κ2) is 6.30. The minimum atomic E-state index is -0.768. The molecule has 2 aromatic rings. The number of nitrogens with one attached hydrogen (secondary N) is 1. The summed E-state index contributed by atoms with van der Waals surface area (Å²) in [5, 5.41) is 11.8. The SMILES string of the molecule is Cc1ccn(CCCNC(=O)C(C)(C)n2cc(Cl)cn2)n1. The molecule has 0 saturated heterocycles. The first-order valence-corrected chi connectivity index (χ1v) is 7.26. The predicted molar refractivity (Wildman–Crippen MR) is 81.1 cm³/mol. The van der Waals surface area contributed by atoms with Crippen LogP contribution in [0.5, 0.6) is 0 Å². The van der Waals surface area contributed by atoms with E-state index in [9.17, 15) is 4.79 Å². The highest BCUT2D eigenvalue weighted by atomic mass is 35.5. The number of carbonyl (C=O) groups excluding carboxylic acids is 1. The Hall–Kier alpha value is -1.82. The Labute approximate surface area is 129 Å². The van der Waals surface area contributed by atoms with Crippen LogP contribution in [0.3, 0.4) is 0 Å². The summed E-state index contributed by atoms with van der Waals surface area (Å²) in [5.41, 5.74) is 0.228. The van der Waals surface area contributed by atoms with Crippen LogP contribution in [0, 0.1) is 6.92 Å². The zero-order valence-corrected chi connectivity index (χ0v) is 13.3. The fourth-order valence-corrected chi connectivity index (χ4v) is 2.09. The molecule has 0 radical (unpaired) electrons. The summed E-state index contributed by atoms with van der Waals surface area (Å²) in [6, 6.07) is 1.96. The van der Waals surface area contributed by atoms with Gasteiger partial charge in [0.15, 0.2) is 0 Å². The van der Waals surface area contributed by atoms with Crippen molar-refractivity contribution in [3.8, 4) is 0 Å². The van der Waals surface area contributed by atoms with E-state index < -0.39 is 5.54 Å². The first-order chi connectivity index (χ1) is 9.89. The Bertz CT molecular complexity index is 616. The number of rotatable bonds is 6. The summed E-state index contributed by atoms with van der Waals surface area (Å²) in [5.74, 6) is -0.0843. The van der Waals surface area contributed by atoms with E-state index in [2.05, 4.69) is 15.5 Å². The number of halogens is 1. The van der Waals surface area contributed by atoms with Gasteiger partial charge in [0.2, 0.25) is 5.91 Å². The molecule has 21 heavy (non-hydrogen) atoms. The topological polar surface area (TPSA) is 64.7 Å². The van der Waals surface area contributed by atoms with Crippen molar-refractivity contribution in [1.29, 1.82) is 0 Å². The van der Waals surface area contributed by atoms with Gasteiger partial charge in [-0.1, -0.05) is 11.6 Å². The summed E-state index contributed by atoms with van der Waals surface area (Å²) in [4.78, 5) is 12.3. The molecule has 0 unspecified atom stereocenters. The highest BCUT2D eigenvalue weighted by Crippen LogP contribution is 2.17. The van der Waals surface area contributed by atoms with Crippen LogP contribution < -0.4 is 5.32 Å².